The van der Waals surface area contributed by atoms with E-state index in [2.05, 4.69) is 4.98 Å². The number of aromatic nitrogens is 1. The van der Waals surface area contributed by atoms with Crippen LogP contribution in [0.4, 0.5) is 4.39 Å². The molecule has 0 aliphatic carbocycles. The summed E-state index contributed by atoms with van der Waals surface area (Å²) in [4.78, 5) is 4.19. The molecule has 0 saturated carbocycles. The molecular formula is C12H13FN2S. The Kier molecular flexibility index (Phi) is 3.31. The van der Waals surface area contributed by atoms with Gasteiger partial charge in [-0.1, -0.05) is 6.07 Å². The first-order chi connectivity index (χ1) is 7.66. The molecule has 1 atom stereocenters. The zero-order chi connectivity index (χ0) is 11.5. The lowest BCUT2D eigenvalue weighted by atomic mass is 10.00. The van der Waals surface area contributed by atoms with E-state index < -0.39 is 0 Å². The number of hydrogen-bond donors (Lipinski definition) is 1. The summed E-state index contributed by atoms with van der Waals surface area (Å²) in [6, 6.07) is 4.59. The van der Waals surface area contributed by atoms with E-state index in [-0.39, 0.29) is 11.9 Å². The monoisotopic (exact) mass is 236 g/mol. The highest BCUT2D eigenvalue weighted by molar-refractivity contribution is 7.09. The van der Waals surface area contributed by atoms with E-state index in [1.54, 1.807) is 23.6 Å². The largest absolute Gasteiger partial charge is 0.324 e. The van der Waals surface area contributed by atoms with Gasteiger partial charge in [0.05, 0.1) is 5.01 Å². The Morgan fingerprint density at radius 2 is 2.31 bits per heavy atom. The standard InChI is InChI=1S/C12H13FN2S/c1-8-6-9(13)2-3-10(8)11(14)7-12-15-4-5-16-12/h2-6,11H,7,14H2,1H3. The molecule has 0 aliphatic heterocycles. The molecule has 0 radical (unpaired) electrons. The van der Waals surface area contributed by atoms with E-state index in [1.807, 2.05) is 12.3 Å². The number of nitrogens with two attached hydrogens (primary N) is 1. The van der Waals surface area contributed by atoms with Gasteiger partial charge in [-0.15, -0.1) is 11.3 Å². The Bertz CT molecular complexity index is 468. The highest BCUT2D eigenvalue weighted by Crippen LogP contribution is 2.21. The van der Waals surface area contributed by atoms with Gasteiger partial charge in [0, 0.05) is 24.0 Å². The van der Waals surface area contributed by atoms with Crippen molar-refractivity contribution in [3.63, 3.8) is 0 Å². The summed E-state index contributed by atoms with van der Waals surface area (Å²) < 4.78 is 12.9. The van der Waals surface area contributed by atoms with E-state index in [4.69, 9.17) is 5.73 Å². The van der Waals surface area contributed by atoms with Crippen molar-refractivity contribution in [2.45, 2.75) is 19.4 Å². The highest BCUT2D eigenvalue weighted by atomic mass is 32.1. The topological polar surface area (TPSA) is 38.9 Å². The van der Waals surface area contributed by atoms with Gasteiger partial charge in [-0.25, -0.2) is 9.37 Å². The van der Waals surface area contributed by atoms with E-state index in [0.717, 1.165) is 16.1 Å². The smallest absolute Gasteiger partial charge is 0.123 e. The van der Waals surface area contributed by atoms with Crippen molar-refractivity contribution in [3.8, 4) is 0 Å². The predicted molar refractivity (Wildman–Crippen MR) is 63.9 cm³/mol. The van der Waals surface area contributed by atoms with Crippen molar-refractivity contribution in [2.24, 2.45) is 5.73 Å². The fraction of sp³-hybridized carbons (Fsp3) is 0.250. The normalized spacial score (nSPS) is 12.7. The third-order valence-electron chi connectivity index (χ3n) is 2.51. The first kappa shape index (κ1) is 11.2. The van der Waals surface area contributed by atoms with Crippen LogP contribution < -0.4 is 5.73 Å². The zero-order valence-corrected chi connectivity index (χ0v) is 9.80. The van der Waals surface area contributed by atoms with Gasteiger partial charge in [0.15, 0.2) is 0 Å². The van der Waals surface area contributed by atoms with Crippen molar-refractivity contribution < 1.29 is 4.39 Å². The molecule has 2 aromatic rings. The van der Waals surface area contributed by atoms with Crippen LogP contribution >= 0.6 is 11.3 Å². The average Bonchev–Trinajstić information content (AvgIpc) is 2.70. The molecule has 2 nitrogen and oxygen atoms in total. The lowest BCUT2D eigenvalue weighted by Crippen LogP contribution is -2.14. The Labute approximate surface area is 97.9 Å². The second kappa shape index (κ2) is 4.72. The Morgan fingerprint density at radius 3 is 2.94 bits per heavy atom. The average molecular weight is 236 g/mol. The summed E-state index contributed by atoms with van der Waals surface area (Å²) in [5.41, 5.74) is 7.96. The molecule has 0 bridgehead atoms. The molecule has 4 heteroatoms. The fourth-order valence-electron chi connectivity index (χ4n) is 1.71. The molecule has 84 valence electrons. The van der Waals surface area contributed by atoms with Gasteiger partial charge in [0.2, 0.25) is 0 Å². The molecule has 2 N–H and O–H groups in total. The molecule has 0 aliphatic rings. The minimum absolute atomic E-state index is 0.119. The van der Waals surface area contributed by atoms with E-state index in [9.17, 15) is 4.39 Å². The van der Waals surface area contributed by atoms with Gasteiger partial charge in [-0.2, -0.15) is 0 Å². The van der Waals surface area contributed by atoms with Crippen molar-refractivity contribution in [2.75, 3.05) is 0 Å². The van der Waals surface area contributed by atoms with Crippen LogP contribution in [0, 0.1) is 12.7 Å². The van der Waals surface area contributed by atoms with Gasteiger partial charge in [-0.3, -0.25) is 0 Å². The molecule has 1 heterocycles. The number of rotatable bonds is 3. The van der Waals surface area contributed by atoms with Crippen LogP contribution in [0.3, 0.4) is 0 Å². The highest BCUT2D eigenvalue weighted by Gasteiger charge is 2.11. The number of benzene rings is 1. The number of thiazole rings is 1. The number of hydrogen-bond acceptors (Lipinski definition) is 3. The van der Waals surface area contributed by atoms with Crippen molar-refractivity contribution in [1.29, 1.82) is 0 Å². The molecule has 1 aromatic heterocycles. The fourth-order valence-corrected chi connectivity index (χ4v) is 2.38. The first-order valence-corrected chi connectivity index (χ1v) is 5.95. The molecule has 0 fully saturated rings. The van der Waals surface area contributed by atoms with Crippen LogP contribution in [-0.4, -0.2) is 4.98 Å². The molecular weight excluding hydrogens is 223 g/mol. The van der Waals surface area contributed by atoms with Crippen molar-refractivity contribution in [1.82, 2.24) is 4.98 Å². The van der Waals surface area contributed by atoms with Crippen LogP contribution in [0.15, 0.2) is 29.8 Å². The summed E-state index contributed by atoms with van der Waals surface area (Å²) >= 11 is 1.59. The second-order valence-corrected chi connectivity index (χ2v) is 4.72. The minimum atomic E-state index is -0.220. The van der Waals surface area contributed by atoms with Gasteiger partial charge >= 0.3 is 0 Å². The van der Waals surface area contributed by atoms with Crippen LogP contribution in [0.1, 0.15) is 22.2 Å². The Hall–Kier alpha value is -1.26. The molecule has 1 unspecified atom stereocenters. The molecule has 0 saturated heterocycles. The second-order valence-electron chi connectivity index (χ2n) is 3.74. The van der Waals surface area contributed by atoms with E-state index in [0.29, 0.717) is 6.42 Å². The first-order valence-electron chi connectivity index (χ1n) is 5.07. The maximum Gasteiger partial charge on any atom is 0.123 e. The number of aryl methyl sites for hydroxylation is 1. The molecule has 0 amide bonds. The summed E-state index contributed by atoms with van der Waals surface area (Å²) in [5, 5.41) is 2.94. The minimum Gasteiger partial charge on any atom is -0.324 e. The zero-order valence-electron chi connectivity index (χ0n) is 8.98. The maximum absolute atomic E-state index is 12.9. The summed E-state index contributed by atoms with van der Waals surface area (Å²) in [6.45, 7) is 1.88. The molecule has 2 rings (SSSR count). The van der Waals surface area contributed by atoms with Gasteiger partial charge < -0.3 is 5.73 Å². The van der Waals surface area contributed by atoms with Crippen molar-refractivity contribution >= 4 is 11.3 Å². The molecule has 1 aromatic carbocycles. The summed E-state index contributed by atoms with van der Waals surface area (Å²) in [6.07, 6.45) is 2.47. The molecule has 16 heavy (non-hydrogen) atoms. The van der Waals surface area contributed by atoms with Crippen LogP contribution in [0.25, 0.3) is 0 Å². The maximum atomic E-state index is 12.9. The van der Waals surface area contributed by atoms with Gasteiger partial charge in [0.1, 0.15) is 5.82 Å². The lowest BCUT2D eigenvalue weighted by Gasteiger charge is -2.13. The summed E-state index contributed by atoms with van der Waals surface area (Å²) in [5.74, 6) is -0.220. The van der Waals surface area contributed by atoms with Gasteiger partial charge in [-0.05, 0) is 30.2 Å². The number of nitrogens with zero attached hydrogens (tertiary/aromatic N) is 1. The predicted octanol–water partition coefficient (Wildman–Crippen LogP) is 2.83. The van der Waals surface area contributed by atoms with Crippen LogP contribution in [-0.2, 0) is 6.42 Å². The Balaban J connectivity index is 2.17. The van der Waals surface area contributed by atoms with E-state index >= 15 is 0 Å². The van der Waals surface area contributed by atoms with E-state index in [1.165, 1.54) is 12.1 Å². The van der Waals surface area contributed by atoms with Crippen molar-refractivity contribution in [3.05, 3.63) is 51.7 Å². The third kappa shape index (κ3) is 2.46. The quantitative estimate of drug-likeness (QED) is 0.890. The number of halogens is 1. The summed E-state index contributed by atoms with van der Waals surface area (Å²) in [7, 11) is 0. The SMILES string of the molecule is Cc1cc(F)ccc1C(N)Cc1nccs1. The van der Waals surface area contributed by atoms with Crippen LogP contribution in [0.2, 0.25) is 0 Å². The van der Waals surface area contributed by atoms with Gasteiger partial charge in [0.25, 0.3) is 0 Å². The lowest BCUT2D eigenvalue weighted by molar-refractivity contribution is 0.622. The molecule has 0 spiro atoms. The van der Waals surface area contributed by atoms with Crippen LogP contribution in [0.5, 0.6) is 0 Å². The Morgan fingerprint density at radius 1 is 1.50 bits per heavy atom. The third-order valence-corrected chi connectivity index (χ3v) is 3.31.